The zero-order chi connectivity index (χ0) is 16.5. The molecule has 5 nitrogen and oxygen atoms in total. The number of amides is 1. The van der Waals surface area contributed by atoms with Crippen molar-refractivity contribution < 1.29 is 9.18 Å². The molecule has 0 radical (unpaired) electrons. The molecule has 24 heavy (non-hydrogen) atoms. The van der Waals surface area contributed by atoms with Crippen molar-refractivity contribution in [2.45, 2.75) is 18.9 Å². The highest BCUT2D eigenvalue weighted by Gasteiger charge is 2.41. The van der Waals surface area contributed by atoms with Crippen molar-refractivity contribution in [1.29, 1.82) is 0 Å². The van der Waals surface area contributed by atoms with E-state index < -0.39 is 0 Å². The SMILES string of the molecule is O=C(c1cccc(F)c1)N1CC[C@H]2CN(c3ncccn3)CC[C@@H]21. The molecule has 2 aliphatic heterocycles. The van der Waals surface area contributed by atoms with Gasteiger partial charge in [0.25, 0.3) is 5.91 Å². The van der Waals surface area contributed by atoms with E-state index in [0.717, 1.165) is 38.4 Å². The van der Waals surface area contributed by atoms with Crippen LogP contribution in [0.1, 0.15) is 23.2 Å². The molecule has 124 valence electrons. The zero-order valence-electron chi connectivity index (χ0n) is 13.3. The number of hydrogen-bond acceptors (Lipinski definition) is 4. The van der Waals surface area contributed by atoms with Crippen LogP contribution in [0.25, 0.3) is 0 Å². The summed E-state index contributed by atoms with van der Waals surface area (Å²) in [6.07, 6.45) is 5.37. The standard InChI is InChI=1S/C18H19FN4O/c19-15-4-1-3-13(11-15)17(24)23-10-5-14-12-22(9-6-16(14)23)18-20-7-2-8-21-18/h1-4,7-8,11,14,16H,5-6,9-10,12H2/t14-,16-/m0/s1. The van der Waals surface area contributed by atoms with Gasteiger partial charge in [-0.15, -0.1) is 0 Å². The molecule has 6 heteroatoms. The molecule has 0 spiro atoms. The fourth-order valence-corrected chi connectivity index (χ4v) is 3.86. The van der Waals surface area contributed by atoms with E-state index in [9.17, 15) is 9.18 Å². The third-order valence-electron chi connectivity index (χ3n) is 5.00. The largest absolute Gasteiger partial charge is 0.340 e. The number of likely N-dealkylation sites (tertiary alicyclic amines) is 1. The topological polar surface area (TPSA) is 49.3 Å². The molecular formula is C18H19FN4O. The number of aromatic nitrogens is 2. The average Bonchev–Trinajstić information content (AvgIpc) is 3.05. The molecule has 1 aromatic heterocycles. The van der Waals surface area contributed by atoms with Crippen LogP contribution < -0.4 is 4.90 Å². The summed E-state index contributed by atoms with van der Waals surface area (Å²) in [6.45, 7) is 2.42. The van der Waals surface area contributed by atoms with Gasteiger partial charge in [-0.05, 0) is 43.0 Å². The molecule has 4 rings (SSSR count). The Bertz CT molecular complexity index is 739. The third-order valence-corrected chi connectivity index (χ3v) is 5.00. The molecule has 2 aliphatic rings. The Kier molecular flexibility index (Phi) is 3.88. The molecule has 2 fully saturated rings. The van der Waals surface area contributed by atoms with Crippen LogP contribution >= 0.6 is 0 Å². The van der Waals surface area contributed by atoms with Gasteiger partial charge in [0.05, 0.1) is 0 Å². The monoisotopic (exact) mass is 326 g/mol. The van der Waals surface area contributed by atoms with Crippen molar-refractivity contribution in [1.82, 2.24) is 14.9 Å². The van der Waals surface area contributed by atoms with E-state index in [0.29, 0.717) is 11.5 Å². The second kappa shape index (κ2) is 6.19. The Labute approximate surface area is 140 Å². The van der Waals surface area contributed by atoms with Crippen LogP contribution in [0.4, 0.5) is 10.3 Å². The molecule has 0 N–H and O–H groups in total. The first kappa shape index (κ1) is 15.1. The number of benzene rings is 1. The van der Waals surface area contributed by atoms with Gasteiger partial charge >= 0.3 is 0 Å². The minimum Gasteiger partial charge on any atom is -0.340 e. The quantitative estimate of drug-likeness (QED) is 0.850. The van der Waals surface area contributed by atoms with Crippen molar-refractivity contribution in [2.75, 3.05) is 24.5 Å². The van der Waals surface area contributed by atoms with Crippen LogP contribution in [-0.2, 0) is 0 Å². The van der Waals surface area contributed by atoms with Crippen molar-refractivity contribution >= 4 is 11.9 Å². The maximum Gasteiger partial charge on any atom is 0.254 e. The lowest BCUT2D eigenvalue weighted by molar-refractivity contribution is 0.0703. The summed E-state index contributed by atoms with van der Waals surface area (Å²) >= 11 is 0. The Morgan fingerprint density at radius 3 is 2.75 bits per heavy atom. The number of hydrogen-bond donors (Lipinski definition) is 0. The molecule has 3 heterocycles. The van der Waals surface area contributed by atoms with Crippen molar-refractivity contribution in [3.05, 3.63) is 54.1 Å². The first-order valence-electron chi connectivity index (χ1n) is 8.31. The zero-order valence-corrected chi connectivity index (χ0v) is 13.3. The van der Waals surface area contributed by atoms with Gasteiger partial charge in [-0.3, -0.25) is 4.79 Å². The third kappa shape index (κ3) is 2.72. The van der Waals surface area contributed by atoms with E-state index in [1.165, 1.54) is 12.1 Å². The molecule has 0 unspecified atom stereocenters. The van der Waals surface area contributed by atoms with Crippen LogP contribution in [0, 0.1) is 11.7 Å². The minimum absolute atomic E-state index is 0.0635. The molecule has 0 bridgehead atoms. The predicted molar refractivity (Wildman–Crippen MR) is 88.2 cm³/mol. The number of carbonyl (C=O) groups excluding carboxylic acids is 1. The van der Waals surface area contributed by atoms with E-state index in [4.69, 9.17) is 0 Å². The van der Waals surface area contributed by atoms with E-state index in [2.05, 4.69) is 14.9 Å². The van der Waals surface area contributed by atoms with Gasteiger partial charge in [-0.1, -0.05) is 6.07 Å². The van der Waals surface area contributed by atoms with Crippen molar-refractivity contribution in [3.8, 4) is 0 Å². The van der Waals surface area contributed by atoms with Gasteiger partial charge in [-0.25, -0.2) is 14.4 Å². The highest BCUT2D eigenvalue weighted by molar-refractivity contribution is 5.94. The lowest BCUT2D eigenvalue weighted by atomic mass is 9.93. The second-order valence-corrected chi connectivity index (χ2v) is 6.41. The van der Waals surface area contributed by atoms with E-state index >= 15 is 0 Å². The Morgan fingerprint density at radius 2 is 1.96 bits per heavy atom. The van der Waals surface area contributed by atoms with E-state index in [1.54, 1.807) is 24.5 Å². The highest BCUT2D eigenvalue weighted by atomic mass is 19.1. The molecule has 1 amide bonds. The Hall–Kier alpha value is -2.50. The number of carbonyl (C=O) groups is 1. The van der Waals surface area contributed by atoms with Gasteiger partial charge in [0.15, 0.2) is 0 Å². The molecule has 1 aromatic carbocycles. The second-order valence-electron chi connectivity index (χ2n) is 6.41. The van der Waals surface area contributed by atoms with Crippen LogP contribution in [0.2, 0.25) is 0 Å². The number of rotatable bonds is 2. The summed E-state index contributed by atoms with van der Waals surface area (Å²) < 4.78 is 13.4. The van der Waals surface area contributed by atoms with E-state index in [-0.39, 0.29) is 17.8 Å². The van der Waals surface area contributed by atoms with Gasteiger partial charge in [0.2, 0.25) is 5.95 Å². The summed E-state index contributed by atoms with van der Waals surface area (Å²) in [4.78, 5) is 25.5. The number of fused-ring (bicyclic) bond motifs is 1. The fourth-order valence-electron chi connectivity index (χ4n) is 3.86. The van der Waals surface area contributed by atoms with Crippen molar-refractivity contribution in [3.63, 3.8) is 0 Å². The van der Waals surface area contributed by atoms with Gasteiger partial charge < -0.3 is 9.80 Å². The van der Waals surface area contributed by atoms with Crippen LogP contribution in [-0.4, -0.2) is 46.5 Å². The van der Waals surface area contributed by atoms with Crippen LogP contribution in [0.3, 0.4) is 0 Å². The summed E-state index contributed by atoms with van der Waals surface area (Å²) in [5, 5.41) is 0. The molecule has 0 aliphatic carbocycles. The number of anilines is 1. The number of piperidine rings is 1. The molecule has 2 atom stereocenters. The maximum absolute atomic E-state index is 13.4. The average molecular weight is 326 g/mol. The smallest absolute Gasteiger partial charge is 0.254 e. The highest BCUT2D eigenvalue weighted by Crippen LogP contribution is 2.33. The Balaban J connectivity index is 1.48. The molecule has 2 aromatic rings. The van der Waals surface area contributed by atoms with Crippen LogP contribution in [0.5, 0.6) is 0 Å². The summed E-state index contributed by atoms with van der Waals surface area (Å²) in [5.74, 6) is 0.741. The van der Waals surface area contributed by atoms with Crippen molar-refractivity contribution in [2.24, 2.45) is 5.92 Å². The molecule has 0 saturated carbocycles. The lowest BCUT2D eigenvalue weighted by Crippen LogP contribution is -2.48. The van der Waals surface area contributed by atoms with Gasteiger partial charge in [-0.2, -0.15) is 0 Å². The first-order valence-corrected chi connectivity index (χ1v) is 8.31. The molecular weight excluding hydrogens is 307 g/mol. The summed E-state index contributed by atoms with van der Waals surface area (Å²) in [6, 6.07) is 7.99. The lowest BCUT2D eigenvalue weighted by Gasteiger charge is -2.37. The molecule has 2 saturated heterocycles. The fraction of sp³-hybridized carbons (Fsp3) is 0.389. The van der Waals surface area contributed by atoms with E-state index in [1.807, 2.05) is 11.0 Å². The van der Waals surface area contributed by atoms with Crippen LogP contribution in [0.15, 0.2) is 42.7 Å². The predicted octanol–water partition coefficient (Wildman–Crippen LogP) is 2.36. The summed E-state index contributed by atoms with van der Waals surface area (Å²) in [7, 11) is 0. The van der Waals surface area contributed by atoms with Gasteiger partial charge in [0, 0.05) is 43.6 Å². The van der Waals surface area contributed by atoms with Gasteiger partial charge in [0.1, 0.15) is 5.82 Å². The number of halogens is 1. The Morgan fingerprint density at radius 1 is 1.12 bits per heavy atom. The minimum atomic E-state index is -0.368. The summed E-state index contributed by atoms with van der Waals surface area (Å²) in [5.41, 5.74) is 0.435. The maximum atomic E-state index is 13.4. The normalized spacial score (nSPS) is 23.2. The number of nitrogens with zero attached hydrogens (tertiary/aromatic N) is 4. The first-order chi connectivity index (χ1) is 11.7.